The van der Waals surface area contributed by atoms with E-state index < -0.39 is 30.8 Å². The van der Waals surface area contributed by atoms with Gasteiger partial charge in [0.2, 0.25) is 10.0 Å². The van der Waals surface area contributed by atoms with Gasteiger partial charge < -0.3 is 5.32 Å². The minimum Gasteiger partial charge on any atom is -0.317 e. The van der Waals surface area contributed by atoms with Gasteiger partial charge in [0, 0.05) is 24.2 Å². The maximum Gasteiger partial charge on any atom is 0.269 e. The number of benzene rings is 1. The summed E-state index contributed by atoms with van der Waals surface area (Å²) in [5.74, 6) is -0.196. The van der Waals surface area contributed by atoms with Crippen LogP contribution in [-0.4, -0.2) is 62.7 Å². The number of rotatable bonds is 5. The Morgan fingerprint density at radius 3 is 2.19 bits per heavy atom. The van der Waals surface area contributed by atoms with Crippen LogP contribution in [0.15, 0.2) is 29.2 Å². The van der Waals surface area contributed by atoms with E-state index in [1.54, 1.807) is 0 Å². The first-order chi connectivity index (χ1) is 12.2. The minimum atomic E-state index is -3.96. The number of nitro groups is 1. The SMILES string of the molecule is O=[N+]([O-])c1ccc(S(=O)(=O)N(C2CCNCC2)C2CCS(=O)(=O)C2)cc1. The van der Waals surface area contributed by atoms with Crippen molar-refractivity contribution >= 4 is 25.5 Å². The summed E-state index contributed by atoms with van der Waals surface area (Å²) in [7, 11) is -7.21. The maximum atomic E-state index is 13.3. The van der Waals surface area contributed by atoms with Crippen molar-refractivity contribution in [3.05, 3.63) is 34.4 Å². The Kier molecular flexibility index (Phi) is 5.33. The molecule has 1 aromatic rings. The molecule has 144 valence electrons. The highest BCUT2D eigenvalue weighted by atomic mass is 32.2. The summed E-state index contributed by atoms with van der Waals surface area (Å²) in [6.07, 6.45) is 1.48. The zero-order valence-corrected chi connectivity index (χ0v) is 15.7. The van der Waals surface area contributed by atoms with Gasteiger partial charge in [0.05, 0.1) is 21.3 Å². The summed E-state index contributed by atoms with van der Waals surface area (Å²) in [4.78, 5) is 10.2. The standard InChI is InChI=1S/C15H21N3O6S2/c19-18(20)13-1-3-15(4-2-13)26(23,24)17(12-5-8-16-9-6-12)14-7-10-25(21,22)11-14/h1-4,12,14,16H,5-11H2. The van der Waals surface area contributed by atoms with Crippen molar-refractivity contribution in [2.75, 3.05) is 24.6 Å². The average Bonchev–Trinajstić information content (AvgIpc) is 2.95. The maximum absolute atomic E-state index is 13.3. The molecule has 26 heavy (non-hydrogen) atoms. The second-order valence-electron chi connectivity index (χ2n) is 6.62. The van der Waals surface area contributed by atoms with Gasteiger partial charge in [-0.05, 0) is 44.5 Å². The predicted octanol–water partition coefficient (Wildman–Crippen LogP) is 0.525. The topological polar surface area (TPSA) is 127 Å². The second-order valence-corrected chi connectivity index (χ2v) is 10.7. The minimum absolute atomic E-state index is 0.0189. The molecule has 2 aliphatic heterocycles. The van der Waals surface area contributed by atoms with E-state index in [2.05, 4.69) is 5.32 Å². The molecule has 0 spiro atoms. The lowest BCUT2D eigenvalue weighted by molar-refractivity contribution is -0.384. The molecule has 1 atom stereocenters. The molecule has 0 aromatic heterocycles. The molecule has 2 aliphatic rings. The predicted molar refractivity (Wildman–Crippen MR) is 95.1 cm³/mol. The number of sulfonamides is 1. The molecule has 2 saturated heterocycles. The molecule has 1 N–H and O–H groups in total. The first-order valence-corrected chi connectivity index (χ1v) is 11.7. The third-order valence-corrected chi connectivity index (χ3v) is 8.63. The average molecular weight is 403 g/mol. The van der Waals surface area contributed by atoms with Crippen LogP contribution in [0.1, 0.15) is 19.3 Å². The van der Waals surface area contributed by atoms with Crippen LogP contribution in [0.2, 0.25) is 0 Å². The zero-order valence-electron chi connectivity index (χ0n) is 14.1. The molecule has 0 radical (unpaired) electrons. The molecule has 0 aliphatic carbocycles. The van der Waals surface area contributed by atoms with Crippen molar-refractivity contribution in [2.24, 2.45) is 0 Å². The number of nitro benzene ring substituents is 1. The third kappa shape index (κ3) is 3.90. The number of nitrogens with zero attached hydrogens (tertiary/aromatic N) is 2. The van der Waals surface area contributed by atoms with E-state index in [-0.39, 0.29) is 34.6 Å². The quantitative estimate of drug-likeness (QED) is 0.561. The Bertz CT molecular complexity index is 876. The van der Waals surface area contributed by atoms with Gasteiger partial charge in [0.15, 0.2) is 9.84 Å². The normalized spacial score (nSPS) is 24.0. The van der Waals surface area contributed by atoms with E-state index in [4.69, 9.17) is 0 Å². The molecule has 11 heteroatoms. The van der Waals surface area contributed by atoms with Crippen LogP contribution in [-0.2, 0) is 19.9 Å². The molecule has 2 fully saturated rings. The smallest absolute Gasteiger partial charge is 0.269 e. The molecule has 1 unspecified atom stereocenters. The number of hydrogen-bond acceptors (Lipinski definition) is 7. The fourth-order valence-electron chi connectivity index (χ4n) is 3.59. The molecule has 2 heterocycles. The van der Waals surface area contributed by atoms with Gasteiger partial charge >= 0.3 is 0 Å². The van der Waals surface area contributed by atoms with Crippen LogP contribution in [0.4, 0.5) is 5.69 Å². The van der Waals surface area contributed by atoms with Gasteiger partial charge in [-0.3, -0.25) is 10.1 Å². The lowest BCUT2D eigenvalue weighted by atomic mass is 10.1. The monoisotopic (exact) mass is 403 g/mol. The molecule has 0 saturated carbocycles. The number of hydrogen-bond donors (Lipinski definition) is 1. The highest BCUT2D eigenvalue weighted by Crippen LogP contribution is 2.30. The second kappa shape index (κ2) is 7.22. The van der Waals surface area contributed by atoms with Gasteiger partial charge in [0.1, 0.15) is 0 Å². The first kappa shape index (κ1) is 19.2. The largest absolute Gasteiger partial charge is 0.317 e. The van der Waals surface area contributed by atoms with Crippen LogP contribution in [0, 0.1) is 10.1 Å². The molecular formula is C15H21N3O6S2. The zero-order chi connectivity index (χ0) is 18.9. The number of sulfone groups is 1. The summed E-state index contributed by atoms with van der Waals surface area (Å²) in [5.41, 5.74) is -0.194. The summed E-state index contributed by atoms with van der Waals surface area (Å²) < 4.78 is 51.7. The van der Waals surface area contributed by atoms with Gasteiger partial charge in [-0.1, -0.05) is 0 Å². The van der Waals surface area contributed by atoms with E-state index in [9.17, 15) is 26.9 Å². The lowest BCUT2D eigenvalue weighted by Crippen LogP contribution is -2.51. The van der Waals surface area contributed by atoms with E-state index in [1.807, 2.05) is 0 Å². The van der Waals surface area contributed by atoms with Crippen molar-refractivity contribution in [2.45, 2.75) is 36.2 Å². The molecule has 3 rings (SSSR count). The van der Waals surface area contributed by atoms with E-state index in [1.165, 1.54) is 16.4 Å². The van der Waals surface area contributed by atoms with Crippen molar-refractivity contribution in [3.8, 4) is 0 Å². The Balaban J connectivity index is 1.97. The molecule has 9 nitrogen and oxygen atoms in total. The summed E-state index contributed by atoms with van der Waals surface area (Å²) in [5, 5.41) is 14.0. The summed E-state index contributed by atoms with van der Waals surface area (Å²) >= 11 is 0. The van der Waals surface area contributed by atoms with Gasteiger partial charge in [-0.25, -0.2) is 16.8 Å². The Morgan fingerprint density at radius 1 is 1.08 bits per heavy atom. The highest BCUT2D eigenvalue weighted by Gasteiger charge is 2.42. The molecule has 1 aromatic carbocycles. The third-order valence-electron chi connectivity index (χ3n) is 4.86. The van der Waals surface area contributed by atoms with Crippen LogP contribution < -0.4 is 5.32 Å². The Labute approximate surface area is 152 Å². The fraction of sp³-hybridized carbons (Fsp3) is 0.600. The highest BCUT2D eigenvalue weighted by molar-refractivity contribution is 7.92. The van der Waals surface area contributed by atoms with Gasteiger partial charge in [-0.15, -0.1) is 0 Å². The van der Waals surface area contributed by atoms with Crippen LogP contribution in [0.5, 0.6) is 0 Å². The van der Waals surface area contributed by atoms with Gasteiger partial charge in [0.25, 0.3) is 5.69 Å². The van der Waals surface area contributed by atoms with Crippen LogP contribution in [0.25, 0.3) is 0 Å². The van der Waals surface area contributed by atoms with Crippen LogP contribution >= 0.6 is 0 Å². The van der Waals surface area contributed by atoms with E-state index in [0.717, 1.165) is 12.1 Å². The molecule has 0 amide bonds. The lowest BCUT2D eigenvalue weighted by Gasteiger charge is -2.37. The first-order valence-electron chi connectivity index (χ1n) is 8.40. The van der Waals surface area contributed by atoms with E-state index in [0.29, 0.717) is 25.9 Å². The van der Waals surface area contributed by atoms with Crippen molar-refractivity contribution in [3.63, 3.8) is 0 Å². The van der Waals surface area contributed by atoms with Crippen molar-refractivity contribution < 1.29 is 21.8 Å². The Morgan fingerprint density at radius 2 is 1.69 bits per heavy atom. The molecule has 0 bridgehead atoms. The van der Waals surface area contributed by atoms with Gasteiger partial charge in [-0.2, -0.15) is 4.31 Å². The van der Waals surface area contributed by atoms with Crippen LogP contribution in [0.3, 0.4) is 0 Å². The van der Waals surface area contributed by atoms with E-state index >= 15 is 0 Å². The fourth-order valence-corrected chi connectivity index (χ4v) is 7.29. The van der Waals surface area contributed by atoms with Crippen molar-refractivity contribution in [1.29, 1.82) is 0 Å². The molecular weight excluding hydrogens is 382 g/mol. The number of piperidine rings is 1. The number of nitrogens with one attached hydrogen (secondary N) is 1. The Hall–Kier alpha value is -1.56. The summed E-state index contributed by atoms with van der Waals surface area (Å²) in [6.45, 7) is 1.33. The summed E-state index contributed by atoms with van der Waals surface area (Å²) in [6, 6.07) is 3.85. The number of non-ortho nitro benzene ring substituents is 1. The van der Waals surface area contributed by atoms with Crippen molar-refractivity contribution in [1.82, 2.24) is 9.62 Å².